The average Bonchev–Trinajstić information content (AvgIpc) is 2.16. The fraction of sp³-hybridized carbons (Fsp3) is 1.00. The normalized spacial score (nSPS) is 35.3. The SMILES string of the molecule is COC[N+]1([O-])CCNC1. The summed E-state index contributed by atoms with van der Waals surface area (Å²) in [6.45, 7) is 2.21. The van der Waals surface area contributed by atoms with Crippen molar-refractivity contribution in [2.75, 3.05) is 33.6 Å². The van der Waals surface area contributed by atoms with Crippen LogP contribution in [0.5, 0.6) is 0 Å². The molecule has 1 fully saturated rings. The molecule has 1 saturated heterocycles. The van der Waals surface area contributed by atoms with Crippen LogP contribution < -0.4 is 5.32 Å². The van der Waals surface area contributed by atoms with Gasteiger partial charge in [-0.15, -0.1) is 0 Å². The molecular formula is C5H12N2O2. The number of rotatable bonds is 2. The van der Waals surface area contributed by atoms with Gasteiger partial charge in [-0.3, -0.25) is 5.32 Å². The summed E-state index contributed by atoms with van der Waals surface area (Å²) < 4.78 is 4.51. The molecule has 0 saturated carbocycles. The number of nitrogens with zero attached hydrogens (tertiary/aromatic N) is 1. The van der Waals surface area contributed by atoms with Crippen molar-refractivity contribution in [2.24, 2.45) is 0 Å². The van der Waals surface area contributed by atoms with Crippen LogP contribution in [0, 0.1) is 5.21 Å². The first-order chi connectivity index (χ1) is 4.27. The maximum absolute atomic E-state index is 11.3. The van der Waals surface area contributed by atoms with Crippen LogP contribution >= 0.6 is 0 Å². The van der Waals surface area contributed by atoms with Gasteiger partial charge < -0.3 is 14.6 Å². The number of quaternary nitrogens is 1. The van der Waals surface area contributed by atoms with Crippen LogP contribution in [0.3, 0.4) is 0 Å². The van der Waals surface area contributed by atoms with E-state index < -0.39 is 0 Å². The molecular weight excluding hydrogens is 120 g/mol. The van der Waals surface area contributed by atoms with E-state index in [-0.39, 0.29) is 11.4 Å². The largest absolute Gasteiger partial charge is 0.630 e. The molecule has 9 heavy (non-hydrogen) atoms. The highest BCUT2D eigenvalue weighted by Gasteiger charge is 2.20. The second-order valence-electron chi connectivity index (χ2n) is 2.36. The molecule has 1 aliphatic heterocycles. The third-order valence-corrected chi connectivity index (χ3v) is 1.46. The Bertz CT molecular complexity index is 91.0. The molecule has 1 atom stereocenters. The lowest BCUT2D eigenvalue weighted by Gasteiger charge is -2.35. The van der Waals surface area contributed by atoms with Crippen LogP contribution in [0.25, 0.3) is 0 Å². The second-order valence-corrected chi connectivity index (χ2v) is 2.36. The quantitative estimate of drug-likeness (QED) is 0.405. The molecule has 1 aliphatic rings. The third kappa shape index (κ3) is 1.62. The van der Waals surface area contributed by atoms with E-state index in [1.54, 1.807) is 7.11 Å². The summed E-state index contributed by atoms with van der Waals surface area (Å²) in [5.41, 5.74) is 0. The Morgan fingerprint density at radius 1 is 1.78 bits per heavy atom. The van der Waals surface area contributed by atoms with E-state index in [1.807, 2.05) is 0 Å². The van der Waals surface area contributed by atoms with Gasteiger partial charge in [0.25, 0.3) is 0 Å². The maximum Gasteiger partial charge on any atom is 0.183 e. The number of ether oxygens (including phenoxy) is 1. The number of nitrogens with one attached hydrogen (secondary N) is 1. The summed E-state index contributed by atoms with van der Waals surface area (Å²) in [6, 6.07) is 0. The minimum absolute atomic E-state index is 0.240. The summed E-state index contributed by atoms with van der Waals surface area (Å²) in [5, 5.41) is 14.2. The Labute approximate surface area is 54.6 Å². The van der Waals surface area contributed by atoms with E-state index in [0.29, 0.717) is 13.2 Å². The van der Waals surface area contributed by atoms with E-state index in [2.05, 4.69) is 5.32 Å². The Balaban J connectivity index is 2.32. The van der Waals surface area contributed by atoms with E-state index in [4.69, 9.17) is 4.74 Å². The van der Waals surface area contributed by atoms with Gasteiger partial charge in [-0.05, 0) is 0 Å². The molecule has 0 aromatic carbocycles. The highest BCUT2D eigenvalue weighted by atomic mass is 16.6. The Morgan fingerprint density at radius 2 is 2.56 bits per heavy atom. The Kier molecular flexibility index (Phi) is 2.02. The van der Waals surface area contributed by atoms with Crippen molar-refractivity contribution >= 4 is 0 Å². The van der Waals surface area contributed by atoms with Crippen LogP contribution in [-0.4, -0.2) is 38.2 Å². The van der Waals surface area contributed by atoms with E-state index in [0.717, 1.165) is 6.54 Å². The third-order valence-electron chi connectivity index (χ3n) is 1.46. The zero-order valence-corrected chi connectivity index (χ0v) is 5.59. The fourth-order valence-corrected chi connectivity index (χ4v) is 0.990. The monoisotopic (exact) mass is 132 g/mol. The first kappa shape index (κ1) is 6.95. The molecule has 4 nitrogen and oxygen atoms in total. The molecule has 0 amide bonds. The number of hydrogen-bond donors (Lipinski definition) is 1. The molecule has 0 aromatic rings. The van der Waals surface area contributed by atoms with Crippen molar-refractivity contribution in [2.45, 2.75) is 0 Å². The molecule has 1 N–H and O–H groups in total. The van der Waals surface area contributed by atoms with E-state index in [1.165, 1.54) is 0 Å². The highest BCUT2D eigenvalue weighted by Crippen LogP contribution is 2.05. The van der Waals surface area contributed by atoms with Crippen LogP contribution in [0.4, 0.5) is 0 Å². The maximum atomic E-state index is 11.3. The van der Waals surface area contributed by atoms with Gasteiger partial charge in [0.05, 0.1) is 13.1 Å². The summed E-state index contributed by atoms with van der Waals surface area (Å²) in [4.78, 5) is 0. The minimum atomic E-state index is -0.240. The van der Waals surface area contributed by atoms with Crippen LogP contribution in [0.2, 0.25) is 0 Å². The van der Waals surface area contributed by atoms with E-state index >= 15 is 0 Å². The molecule has 0 aliphatic carbocycles. The Morgan fingerprint density at radius 3 is 3.00 bits per heavy atom. The molecule has 0 aromatic heterocycles. The van der Waals surface area contributed by atoms with Gasteiger partial charge in [-0.25, -0.2) is 0 Å². The van der Waals surface area contributed by atoms with Crippen molar-refractivity contribution in [3.8, 4) is 0 Å². The van der Waals surface area contributed by atoms with Crippen LogP contribution in [-0.2, 0) is 4.74 Å². The molecule has 1 heterocycles. The van der Waals surface area contributed by atoms with Crippen LogP contribution in [0.15, 0.2) is 0 Å². The number of hydroxylamine groups is 3. The van der Waals surface area contributed by atoms with Gasteiger partial charge in [-0.2, -0.15) is 0 Å². The first-order valence-corrected chi connectivity index (χ1v) is 3.04. The van der Waals surface area contributed by atoms with Crippen molar-refractivity contribution in [3.05, 3.63) is 5.21 Å². The highest BCUT2D eigenvalue weighted by molar-refractivity contribution is 4.51. The molecule has 0 spiro atoms. The van der Waals surface area contributed by atoms with Crippen molar-refractivity contribution in [1.82, 2.24) is 5.32 Å². The first-order valence-electron chi connectivity index (χ1n) is 3.04. The van der Waals surface area contributed by atoms with Gasteiger partial charge in [0.1, 0.15) is 6.67 Å². The predicted molar refractivity (Wildman–Crippen MR) is 33.2 cm³/mol. The minimum Gasteiger partial charge on any atom is -0.630 e. The lowest BCUT2D eigenvalue weighted by atomic mass is 10.6. The Hall–Kier alpha value is -0.160. The summed E-state index contributed by atoms with van der Waals surface area (Å²) >= 11 is 0. The summed E-state index contributed by atoms with van der Waals surface area (Å²) in [5.74, 6) is 0. The molecule has 0 radical (unpaired) electrons. The molecule has 1 rings (SSSR count). The zero-order valence-electron chi connectivity index (χ0n) is 5.59. The molecule has 1 unspecified atom stereocenters. The van der Waals surface area contributed by atoms with Crippen molar-refractivity contribution in [3.63, 3.8) is 0 Å². The molecule has 54 valence electrons. The lowest BCUT2D eigenvalue weighted by Crippen LogP contribution is -2.42. The van der Waals surface area contributed by atoms with Gasteiger partial charge in [0.15, 0.2) is 6.73 Å². The fourth-order valence-electron chi connectivity index (χ4n) is 0.990. The van der Waals surface area contributed by atoms with Crippen molar-refractivity contribution < 1.29 is 9.38 Å². The van der Waals surface area contributed by atoms with Gasteiger partial charge in [-0.1, -0.05) is 0 Å². The number of methoxy groups -OCH3 is 1. The lowest BCUT2D eigenvalue weighted by molar-refractivity contribution is -0.888. The molecule has 0 bridgehead atoms. The van der Waals surface area contributed by atoms with Crippen LogP contribution in [0.1, 0.15) is 0 Å². The summed E-state index contributed by atoms with van der Waals surface area (Å²) in [7, 11) is 1.55. The smallest absolute Gasteiger partial charge is 0.183 e. The van der Waals surface area contributed by atoms with Crippen molar-refractivity contribution in [1.29, 1.82) is 0 Å². The second kappa shape index (κ2) is 2.62. The van der Waals surface area contributed by atoms with Gasteiger partial charge >= 0.3 is 0 Å². The average molecular weight is 132 g/mol. The predicted octanol–water partition coefficient (Wildman–Crippen LogP) is -0.534. The molecule has 4 heteroatoms. The zero-order chi connectivity index (χ0) is 6.74. The standard InChI is InChI=1S/C5H12N2O2/c1-9-5-7(8)3-2-6-4-7/h6H,2-5H2,1H3. The van der Waals surface area contributed by atoms with Gasteiger partial charge in [0, 0.05) is 7.11 Å². The topological polar surface area (TPSA) is 44.3 Å². The van der Waals surface area contributed by atoms with Gasteiger partial charge in [0.2, 0.25) is 0 Å². The summed E-state index contributed by atoms with van der Waals surface area (Å²) in [6.07, 6.45) is 0. The number of hydrogen-bond acceptors (Lipinski definition) is 3. The van der Waals surface area contributed by atoms with E-state index in [9.17, 15) is 5.21 Å².